The number of hydrogen-bond donors (Lipinski definition) is 2. The molecule has 4 rings (SSSR count). The van der Waals surface area contributed by atoms with Crippen LogP contribution in [0.15, 0.2) is 18.3 Å². The predicted molar refractivity (Wildman–Crippen MR) is 106 cm³/mol. The monoisotopic (exact) mass is 390 g/mol. The molecule has 1 aromatic heterocycles. The summed E-state index contributed by atoms with van der Waals surface area (Å²) in [5.74, 6) is 0.669. The molecule has 0 bridgehead atoms. The molecular weight excluding hydrogens is 364 g/mol. The van der Waals surface area contributed by atoms with Crippen molar-refractivity contribution in [3.8, 4) is 0 Å². The standard InChI is InChI=1S/C20H27ClN4O2/c1-12(2)10-22-19(27)24-6-4-14(5-7-24)20(3)18(26)16-9-15(21)8-13-11-23-25(20)17(13)16/h8-9,11-12,14,18,26H,4-7,10H2,1-3H3,(H,22,27)/t18-,20?/m1/s1. The number of hydrogen-bond acceptors (Lipinski definition) is 3. The first-order valence-electron chi connectivity index (χ1n) is 9.71. The number of aliphatic hydroxyl groups excluding tert-OH is 1. The number of nitrogens with zero attached hydrogens (tertiary/aromatic N) is 3. The summed E-state index contributed by atoms with van der Waals surface area (Å²) in [6.07, 6.45) is 2.86. The zero-order chi connectivity index (χ0) is 19.3. The highest BCUT2D eigenvalue weighted by Gasteiger charge is 2.50. The number of carbonyl (C=O) groups excluding carboxylic acids is 1. The van der Waals surface area contributed by atoms with Crippen molar-refractivity contribution < 1.29 is 9.90 Å². The number of rotatable bonds is 3. The molecule has 2 aliphatic heterocycles. The summed E-state index contributed by atoms with van der Waals surface area (Å²) < 4.78 is 1.98. The number of urea groups is 1. The third-order valence-electron chi connectivity index (χ3n) is 6.23. The highest BCUT2D eigenvalue weighted by Crippen LogP contribution is 2.51. The molecule has 1 aromatic carbocycles. The molecule has 1 saturated heterocycles. The lowest BCUT2D eigenvalue weighted by molar-refractivity contribution is -0.0116. The van der Waals surface area contributed by atoms with Gasteiger partial charge in [-0.1, -0.05) is 25.4 Å². The average Bonchev–Trinajstić information content (AvgIpc) is 3.16. The van der Waals surface area contributed by atoms with E-state index in [4.69, 9.17) is 11.6 Å². The Balaban J connectivity index is 1.52. The summed E-state index contributed by atoms with van der Waals surface area (Å²) >= 11 is 6.23. The largest absolute Gasteiger partial charge is 0.386 e. The molecule has 2 N–H and O–H groups in total. The van der Waals surface area contributed by atoms with E-state index < -0.39 is 11.6 Å². The number of benzene rings is 1. The summed E-state index contributed by atoms with van der Waals surface area (Å²) in [6, 6.07) is 3.76. The molecule has 7 heteroatoms. The van der Waals surface area contributed by atoms with Crippen molar-refractivity contribution in [2.24, 2.45) is 11.8 Å². The Bertz CT molecular complexity index is 872. The van der Waals surface area contributed by atoms with Crippen LogP contribution in [0.3, 0.4) is 0 Å². The summed E-state index contributed by atoms with van der Waals surface area (Å²) in [5.41, 5.74) is 1.32. The van der Waals surface area contributed by atoms with E-state index in [2.05, 4.69) is 31.2 Å². The van der Waals surface area contributed by atoms with Crippen LogP contribution < -0.4 is 5.32 Å². The number of aromatic nitrogens is 2. The van der Waals surface area contributed by atoms with Crippen LogP contribution in [-0.2, 0) is 5.54 Å². The highest BCUT2D eigenvalue weighted by atomic mass is 35.5. The van der Waals surface area contributed by atoms with Crippen molar-refractivity contribution >= 4 is 28.5 Å². The zero-order valence-electron chi connectivity index (χ0n) is 16.1. The van der Waals surface area contributed by atoms with Crippen molar-refractivity contribution in [3.05, 3.63) is 28.9 Å². The molecule has 2 aromatic rings. The number of amides is 2. The zero-order valence-corrected chi connectivity index (χ0v) is 16.8. The van der Waals surface area contributed by atoms with Gasteiger partial charge in [-0.3, -0.25) is 4.68 Å². The van der Waals surface area contributed by atoms with Crippen molar-refractivity contribution in [1.29, 1.82) is 0 Å². The Labute approximate surface area is 164 Å². The normalized spacial score (nSPS) is 25.6. The SMILES string of the molecule is CC(C)CNC(=O)N1CCC(C2(C)[C@H](O)c3cc(Cl)cc4cnn2c34)CC1. The van der Waals surface area contributed by atoms with Crippen molar-refractivity contribution in [2.75, 3.05) is 19.6 Å². The first kappa shape index (κ1) is 18.6. The van der Waals surface area contributed by atoms with Crippen LogP contribution in [0, 0.1) is 11.8 Å². The van der Waals surface area contributed by atoms with Gasteiger partial charge in [-0.15, -0.1) is 0 Å². The molecule has 0 spiro atoms. The quantitative estimate of drug-likeness (QED) is 0.842. The number of piperidine rings is 1. The first-order valence-corrected chi connectivity index (χ1v) is 10.1. The van der Waals surface area contributed by atoms with E-state index in [9.17, 15) is 9.90 Å². The molecule has 146 valence electrons. The fourth-order valence-corrected chi connectivity index (χ4v) is 4.87. The third-order valence-corrected chi connectivity index (χ3v) is 6.45. The van der Waals surface area contributed by atoms with Gasteiger partial charge in [0.15, 0.2) is 0 Å². The van der Waals surface area contributed by atoms with Crippen LogP contribution in [0.4, 0.5) is 4.79 Å². The van der Waals surface area contributed by atoms with Crippen LogP contribution in [0.1, 0.15) is 45.3 Å². The van der Waals surface area contributed by atoms with E-state index in [-0.39, 0.29) is 11.9 Å². The van der Waals surface area contributed by atoms with Gasteiger partial charge in [0.1, 0.15) is 6.10 Å². The minimum absolute atomic E-state index is 0.0100. The van der Waals surface area contributed by atoms with Crippen LogP contribution >= 0.6 is 11.6 Å². The highest BCUT2D eigenvalue weighted by molar-refractivity contribution is 6.31. The van der Waals surface area contributed by atoms with Gasteiger partial charge in [-0.05, 0) is 43.7 Å². The Morgan fingerprint density at radius 1 is 1.41 bits per heavy atom. The number of likely N-dealkylation sites (tertiary alicyclic amines) is 1. The van der Waals surface area contributed by atoms with Gasteiger partial charge < -0.3 is 15.3 Å². The van der Waals surface area contributed by atoms with Gasteiger partial charge in [0.2, 0.25) is 0 Å². The molecule has 3 heterocycles. The minimum atomic E-state index is -0.645. The van der Waals surface area contributed by atoms with Crippen LogP contribution in [0.5, 0.6) is 0 Å². The summed E-state index contributed by atoms with van der Waals surface area (Å²) in [6.45, 7) is 8.33. The van der Waals surface area contributed by atoms with Gasteiger partial charge in [0, 0.05) is 35.6 Å². The van der Waals surface area contributed by atoms with E-state index >= 15 is 0 Å². The van der Waals surface area contributed by atoms with E-state index in [1.807, 2.05) is 27.9 Å². The molecule has 2 aliphatic rings. The lowest BCUT2D eigenvalue weighted by Crippen LogP contribution is -2.50. The van der Waals surface area contributed by atoms with Crippen LogP contribution in [0.25, 0.3) is 10.9 Å². The van der Waals surface area contributed by atoms with Gasteiger partial charge in [0.25, 0.3) is 0 Å². The predicted octanol–water partition coefficient (Wildman–Crippen LogP) is 3.53. The fraction of sp³-hybridized carbons (Fsp3) is 0.600. The molecular formula is C20H27ClN4O2. The molecule has 2 amide bonds. The van der Waals surface area contributed by atoms with Gasteiger partial charge >= 0.3 is 6.03 Å². The maximum absolute atomic E-state index is 12.3. The van der Waals surface area contributed by atoms with Crippen molar-refractivity contribution in [1.82, 2.24) is 20.0 Å². The Kier molecular flexibility index (Phi) is 4.59. The smallest absolute Gasteiger partial charge is 0.317 e. The molecule has 0 radical (unpaired) electrons. The lowest BCUT2D eigenvalue weighted by atomic mass is 9.75. The van der Waals surface area contributed by atoms with E-state index in [1.54, 1.807) is 0 Å². The number of nitrogens with one attached hydrogen (secondary N) is 1. The molecule has 1 unspecified atom stereocenters. The second kappa shape index (κ2) is 6.67. The Hall–Kier alpha value is -1.79. The minimum Gasteiger partial charge on any atom is -0.386 e. The molecule has 0 aliphatic carbocycles. The Morgan fingerprint density at radius 2 is 2.11 bits per heavy atom. The molecule has 0 saturated carbocycles. The van der Waals surface area contributed by atoms with Gasteiger partial charge in [-0.25, -0.2) is 4.79 Å². The molecule has 2 atom stereocenters. The van der Waals surface area contributed by atoms with Gasteiger partial charge in [0.05, 0.1) is 17.3 Å². The fourth-order valence-electron chi connectivity index (χ4n) is 4.63. The second-order valence-corrected chi connectivity index (χ2v) is 8.90. The van der Waals surface area contributed by atoms with E-state index in [0.29, 0.717) is 30.6 Å². The first-order chi connectivity index (χ1) is 12.8. The maximum atomic E-state index is 12.3. The average molecular weight is 391 g/mol. The molecule has 6 nitrogen and oxygen atoms in total. The molecule has 27 heavy (non-hydrogen) atoms. The third kappa shape index (κ3) is 2.90. The Morgan fingerprint density at radius 3 is 2.78 bits per heavy atom. The maximum Gasteiger partial charge on any atom is 0.317 e. The number of aliphatic hydroxyl groups is 1. The van der Waals surface area contributed by atoms with Crippen LogP contribution in [0.2, 0.25) is 5.02 Å². The lowest BCUT2D eigenvalue weighted by Gasteiger charge is -2.42. The number of carbonyl (C=O) groups is 1. The van der Waals surface area contributed by atoms with E-state index in [0.717, 1.165) is 29.3 Å². The topological polar surface area (TPSA) is 70.4 Å². The van der Waals surface area contributed by atoms with Gasteiger partial charge in [-0.2, -0.15) is 5.10 Å². The molecule has 1 fully saturated rings. The number of halogens is 1. The summed E-state index contributed by atoms with van der Waals surface area (Å²) in [4.78, 5) is 14.2. The second-order valence-electron chi connectivity index (χ2n) is 8.46. The van der Waals surface area contributed by atoms with Crippen molar-refractivity contribution in [3.63, 3.8) is 0 Å². The van der Waals surface area contributed by atoms with Crippen LogP contribution in [-0.4, -0.2) is 45.5 Å². The van der Waals surface area contributed by atoms with Crippen molar-refractivity contribution in [2.45, 2.75) is 45.3 Å². The van der Waals surface area contributed by atoms with E-state index in [1.165, 1.54) is 0 Å². The summed E-state index contributed by atoms with van der Waals surface area (Å²) in [5, 5.41) is 20.3. The summed E-state index contributed by atoms with van der Waals surface area (Å²) in [7, 11) is 0.